The predicted octanol–water partition coefficient (Wildman–Crippen LogP) is 27.6. The first-order valence-corrected chi connectivity index (χ1v) is 49.6. The number of carbonyl (C=O) groups is 4. The van der Waals surface area contributed by atoms with Crippen LogP contribution >= 0.6 is 0 Å². The van der Waals surface area contributed by atoms with Crippen LogP contribution in [-0.2, 0) is 112 Å². The van der Waals surface area contributed by atoms with Crippen molar-refractivity contribution in [2.45, 2.75) is 298 Å². The summed E-state index contributed by atoms with van der Waals surface area (Å²) in [6.07, 6.45) is 7.48. The first-order chi connectivity index (χ1) is 66.4. The van der Waals surface area contributed by atoms with E-state index in [1.165, 1.54) is 80.6 Å². The van der Waals surface area contributed by atoms with E-state index < -0.39 is 24.1 Å². The van der Waals surface area contributed by atoms with Gasteiger partial charge in [-0.3, -0.25) is 9.59 Å². The molecule has 0 aromatic heterocycles. The molecule has 0 radical (unpaired) electrons. The summed E-state index contributed by atoms with van der Waals surface area (Å²) in [7, 11) is 0. The monoisotopic (exact) mass is 1910 g/mol. The average molecular weight is 1910 g/mol. The van der Waals surface area contributed by atoms with Gasteiger partial charge in [0.05, 0.1) is 79.0 Å². The molecule has 11 heterocycles. The molecule has 0 fully saturated rings. The normalized spacial score (nSPS) is 21.7. The lowest BCUT2D eigenvalue weighted by molar-refractivity contribution is -0.219. The summed E-state index contributed by atoms with van der Waals surface area (Å²) in [5.74, 6) is 3.95. The van der Waals surface area contributed by atoms with Crippen LogP contribution in [0, 0.1) is 106 Å². The van der Waals surface area contributed by atoms with E-state index in [0.717, 1.165) is 197 Å². The molecule has 11 aromatic carbocycles. The quantitative estimate of drug-likeness (QED) is 0.0797. The molecule has 11 atom stereocenters. The fourth-order valence-electron chi connectivity index (χ4n) is 18.0. The van der Waals surface area contributed by atoms with Crippen LogP contribution in [-0.4, -0.2) is 79.3 Å². The Morgan fingerprint density at radius 3 is 0.907 bits per heavy atom. The minimum Gasteiger partial charge on any atom is -0.493 e. The van der Waals surface area contributed by atoms with Gasteiger partial charge in [-0.15, -0.1) is 0 Å². The van der Waals surface area contributed by atoms with E-state index >= 15 is 0 Å². The summed E-state index contributed by atoms with van der Waals surface area (Å²) in [5.41, 5.74) is 30.4. The number of halogens is 4. The number of esters is 4. The highest BCUT2D eigenvalue weighted by Gasteiger charge is 2.45. The summed E-state index contributed by atoms with van der Waals surface area (Å²) in [6, 6.07) is 67.3. The summed E-state index contributed by atoms with van der Waals surface area (Å²) in [6.45, 7) is 46.1. The highest BCUT2D eigenvalue weighted by Crippen LogP contribution is 2.42. The van der Waals surface area contributed by atoms with Crippen LogP contribution in [0.4, 0.5) is 17.6 Å². The third-order valence-electron chi connectivity index (χ3n) is 26.3. The van der Waals surface area contributed by atoms with Crippen molar-refractivity contribution in [1.29, 1.82) is 0 Å². The minimum atomic E-state index is -3.03. The Labute approximate surface area is 827 Å². The van der Waals surface area contributed by atoms with Crippen LogP contribution in [0.2, 0.25) is 0 Å². The molecule has 0 aliphatic carbocycles. The maximum Gasteiger partial charge on any atom is 0.400 e. The van der Waals surface area contributed by atoms with Crippen molar-refractivity contribution >= 4 is 23.9 Å². The number of benzene rings is 11. The van der Waals surface area contributed by atoms with Crippen molar-refractivity contribution < 1.29 is 88.8 Å². The van der Waals surface area contributed by atoms with Crippen LogP contribution in [0.1, 0.15) is 243 Å². The predicted molar refractivity (Wildman–Crippen MR) is 545 cm³/mol. The van der Waals surface area contributed by atoms with Gasteiger partial charge in [-0.25, -0.2) is 9.59 Å². The van der Waals surface area contributed by atoms with E-state index in [4.69, 9.17) is 42.6 Å². The van der Waals surface area contributed by atoms with Crippen molar-refractivity contribution in [3.05, 3.63) is 345 Å². The van der Waals surface area contributed by atoms with Crippen molar-refractivity contribution in [2.75, 3.05) is 6.61 Å². The molecule has 0 amide bonds. The Morgan fingerprint density at radius 2 is 0.543 bits per heavy atom. The third kappa shape index (κ3) is 30.5. The lowest BCUT2D eigenvalue weighted by Gasteiger charge is -2.30. The molecule has 744 valence electrons. The number of ether oxygens (including phenoxy) is 11. The standard InChI is InChI=1S/2C11H12F2O.4C11H12O2.5C11H14O/c2*1-7-3-4-9-6-8(2)11(12,13)14-10(9)5-7;2*1-7-3-4-9-6-8(2)13-11(12)10(9)5-7;2*1-7-3-4-9-6-8(2)11(12)13-10(9)5-7;2*1-8-3-6-11-10(7-8)5-4-9(2)12-11;1-8-3-4-10-5-9(2)7-12-11(10)6-8;2*1-8-3-4-10-6-9(2)12-7-11(10)5-8/h2*3-5,8H,6H2,1-2H3;4*3-5,8H,6H2,1-2H3;2*3,6-7,9H,4-5H2,1-2H3;3-4,6,9H,5,7H2,1-2H3;2*3-5,9H,6-7H2,1-2H3. The Hall–Kier alpha value is -12.1. The molecule has 0 bridgehead atoms. The smallest absolute Gasteiger partial charge is 0.400 e. The summed E-state index contributed by atoms with van der Waals surface area (Å²) in [4.78, 5) is 45.3. The van der Waals surface area contributed by atoms with Gasteiger partial charge in [0.15, 0.2) is 0 Å². The van der Waals surface area contributed by atoms with Gasteiger partial charge in [0.25, 0.3) is 0 Å². The number of alkyl halides is 4. The van der Waals surface area contributed by atoms with Gasteiger partial charge in [0.2, 0.25) is 0 Å². The molecular weight excluding hydrogens is 1770 g/mol. The topological polar surface area (TPSA) is 170 Å². The molecule has 11 aromatic rings. The van der Waals surface area contributed by atoms with Crippen molar-refractivity contribution in [3.8, 4) is 40.2 Å². The molecule has 140 heavy (non-hydrogen) atoms. The Kier molecular flexibility index (Phi) is 36.9. The van der Waals surface area contributed by atoms with Gasteiger partial charge in [0, 0.05) is 12.8 Å². The molecule has 22 rings (SSSR count). The summed E-state index contributed by atoms with van der Waals surface area (Å²) in [5, 5.41) is 0. The zero-order valence-corrected chi connectivity index (χ0v) is 85.9. The third-order valence-corrected chi connectivity index (χ3v) is 26.3. The van der Waals surface area contributed by atoms with Gasteiger partial charge in [0.1, 0.15) is 52.5 Å². The number of aryl methyl sites for hydroxylation is 13. The SMILES string of the molecule is Cc1ccc2c(c1)C(=O)OC(C)C2.Cc1ccc2c(c1)C(=O)OC(C)C2.Cc1ccc2c(c1)CCC(C)O2.Cc1ccc2c(c1)CCC(C)O2.Cc1ccc2c(c1)COC(C)C2.Cc1ccc2c(c1)COC(C)C2.Cc1ccc2c(c1)OC(=O)C(C)C2.Cc1ccc2c(c1)OC(=O)C(C)C2.Cc1ccc2c(c1)OC(F)(F)C(C)C2.Cc1ccc2c(c1)OC(F)(F)C(C)C2.Cc1ccc2c(c1)OCC(C)C2. The van der Waals surface area contributed by atoms with Crippen LogP contribution in [0.25, 0.3) is 0 Å². The van der Waals surface area contributed by atoms with E-state index in [1.807, 2.05) is 166 Å². The van der Waals surface area contributed by atoms with Crippen molar-refractivity contribution in [1.82, 2.24) is 0 Å². The number of carbonyl (C=O) groups excluding carboxylic acids is 4. The molecule has 0 saturated heterocycles. The molecular formula is C121H142F4O15. The molecule has 15 nitrogen and oxygen atoms in total. The largest absolute Gasteiger partial charge is 0.493 e. The van der Waals surface area contributed by atoms with E-state index in [1.54, 1.807) is 12.1 Å². The Balaban J connectivity index is 0.000000138. The lowest BCUT2D eigenvalue weighted by Crippen LogP contribution is -2.37. The van der Waals surface area contributed by atoms with Crippen LogP contribution in [0.15, 0.2) is 200 Å². The maximum atomic E-state index is 13.2. The maximum absolute atomic E-state index is 13.2. The molecule has 0 N–H and O–H groups in total. The highest BCUT2D eigenvalue weighted by molar-refractivity contribution is 5.93. The zero-order valence-electron chi connectivity index (χ0n) is 85.9. The average Bonchev–Trinajstić information content (AvgIpc) is 0.793. The first kappa shape index (κ1) is 107. The van der Waals surface area contributed by atoms with E-state index in [2.05, 4.69) is 170 Å². The number of fused-ring (bicyclic) bond motifs is 11. The molecule has 19 heteroatoms. The number of cyclic esters (lactones) is 2. The van der Waals surface area contributed by atoms with Gasteiger partial charge in [-0.05, 0) is 349 Å². The van der Waals surface area contributed by atoms with E-state index in [0.29, 0.717) is 54.7 Å². The van der Waals surface area contributed by atoms with Gasteiger partial charge >= 0.3 is 36.1 Å². The number of rotatable bonds is 0. The van der Waals surface area contributed by atoms with Crippen LogP contribution < -0.4 is 33.2 Å². The van der Waals surface area contributed by atoms with Gasteiger partial charge in [-0.2, -0.15) is 17.6 Å². The Bertz CT molecular complexity index is 5580. The van der Waals surface area contributed by atoms with Crippen LogP contribution in [0.3, 0.4) is 0 Å². The van der Waals surface area contributed by atoms with Crippen molar-refractivity contribution in [3.63, 3.8) is 0 Å². The zero-order chi connectivity index (χ0) is 101. The summed E-state index contributed by atoms with van der Waals surface area (Å²) < 4.78 is 111. The molecule has 11 aliphatic heterocycles. The van der Waals surface area contributed by atoms with Gasteiger partial charge in [-0.1, -0.05) is 214 Å². The fourth-order valence-corrected chi connectivity index (χ4v) is 18.0. The van der Waals surface area contributed by atoms with E-state index in [-0.39, 0.29) is 47.9 Å². The lowest BCUT2D eigenvalue weighted by atomic mass is 9.96. The molecule has 0 spiro atoms. The second-order valence-electron chi connectivity index (χ2n) is 40.3. The molecule has 0 saturated carbocycles. The van der Waals surface area contributed by atoms with Gasteiger partial charge < -0.3 is 52.1 Å². The van der Waals surface area contributed by atoms with Crippen molar-refractivity contribution in [2.24, 2.45) is 29.6 Å². The second-order valence-corrected chi connectivity index (χ2v) is 40.3. The highest BCUT2D eigenvalue weighted by atomic mass is 19.3. The Morgan fingerprint density at radius 1 is 0.257 bits per heavy atom. The number of hydrogen-bond acceptors (Lipinski definition) is 15. The molecule has 11 aliphatic rings. The number of hydrogen-bond donors (Lipinski definition) is 0. The second kappa shape index (κ2) is 48.4. The molecule has 11 unspecified atom stereocenters. The minimum absolute atomic E-state index is 0.00444. The van der Waals surface area contributed by atoms with E-state index in [9.17, 15) is 36.7 Å². The van der Waals surface area contributed by atoms with Crippen LogP contribution in [0.5, 0.6) is 40.2 Å². The summed E-state index contributed by atoms with van der Waals surface area (Å²) >= 11 is 0. The first-order valence-electron chi connectivity index (χ1n) is 49.6. The fraction of sp³-hybridized carbons (Fsp3) is 0.421.